The van der Waals surface area contributed by atoms with E-state index in [2.05, 4.69) is 0 Å². The molecule has 20 heavy (non-hydrogen) atoms. The summed E-state index contributed by atoms with van der Waals surface area (Å²) in [5, 5.41) is 12.3. The number of ether oxygens (including phenoxy) is 1. The fourth-order valence-electron chi connectivity index (χ4n) is 2.03. The van der Waals surface area contributed by atoms with Crippen LogP contribution < -0.4 is 0 Å². The summed E-state index contributed by atoms with van der Waals surface area (Å²) in [5.41, 5.74) is 0.251. The fourth-order valence-corrected chi connectivity index (χ4v) is 2.29. The zero-order valence-corrected chi connectivity index (χ0v) is 12.7. The van der Waals surface area contributed by atoms with Crippen LogP contribution in [0, 0.1) is 0 Å². The van der Waals surface area contributed by atoms with Crippen molar-refractivity contribution >= 4 is 23.2 Å². The van der Waals surface area contributed by atoms with Crippen LogP contribution in [-0.2, 0) is 10.3 Å². The summed E-state index contributed by atoms with van der Waals surface area (Å²) in [4.78, 5) is 0. The number of halogens is 2. The summed E-state index contributed by atoms with van der Waals surface area (Å²) < 4.78 is 5.45. The average Bonchev–Trinajstić information content (AvgIpc) is 2.46. The van der Waals surface area contributed by atoms with Gasteiger partial charge in [0, 0.05) is 16.7 Å². The van der Waals surface area contributed by atoms with Crippen molar-refractivity contribution in [1.29, 1.82) is 0 Å². The Hall–Kier alpha value is -1.06. The first-order valence-electron chi connectivity index (χ1n) is 6.38. The number of benzene rings is 2. The maximum absolute atomic E-state index is 11.1. The van der Waals surface area contributed by atoms with E-state index in [1.54, 1.807) is 48.5 Å². The molecule has 1 N–H and O–H groups in total. The molecule has 4 heteroatoms. The third-order valence-electron chi connectivity index (χ3n) is 3.16. The van der Waals surface area contributed by atoms with E-state index in [0.717, 1.165) is 11.1 Å². The zero-order valence-electron chi connectivity index (χ0n) is 11.1. The van der Waals surface area contributed by atoms with Gasteiger partial charge in [0.15, 0.2) is 0 Å². The molecule has 0 saturated carbocycles. The van der Waals surface area contributed by atoms with Gasteiger partial charge in [0.2, 0.25) is 0 Å². The van der Waals surface area contributed by atoms with Crippen LogP contribution in [0.25, 0.3) is 0 Å². The van der Waals surface area contributed by atoms with Gasteiger partial charge in [-0.15, -0.1) is 0 Å². The Morgan fingerprint density at radius 2 is 1.30 bits per heavy atom. The minimum Gasteiger partial charge on any atom is -0.378 e. The molecule has 2 rings (SSSR count). The highest BCUT2D eigenvalue weighted by atomic mass is 35.5. The Bertz CT molecular complexity index is 504. The van der Waals surface area contributed by atoms with Crippen LogP contribution in [0.15, 0.2) is 48.5 Å². The van der Waals surface area contributed by atoms with Crippen molar-refractivity contribution < 1.29 is 9.84 Å². The van der Waals surface area contributed by atoms with E-state index < -0.39 is 5.60 Å². The molecule has 0 heterocycles. The third-order valence-corrected chi connectivity index (χ3v) is 3.66. The molecular formula is C16H16Cl2O2. The van der Waals surface area contributed by atoms with Gasteiger partial charge in [0.25, 0.3) is 0 Å². The smallest absolute Gasteiger partial charge is 0.138 e. The van der Waals surface area contributed by atoms with Crippen molar-refractivity contribution in [3.63, 3.8) is 0 Å². The van der Waals surface area contributed by atoms with E-state index in [9.17, 15) is 5.11 Å². The van der Waals surface area contributed by atoms with E-state index in [4.69, 9.17) is 27.9 Å². The van der Waals surface area contributed by atoms with Crippen molar-refractivity contribution in [2.45, 2.75) is 12.5 Å². The monoisotopic (exact) mass is 310 g/mol. The molecule has 0 aliphatic heterocycles. The second kappa shape index (κ2) is 6.59. The molecule has 0 aliphatic carbocycles. The Labute approximate surface area is 128 Å². The predicted molar refractivity (Wildman–Crippen MR) is 82.4 cm³/mol. The Morgan fingerprint density at radius 3 is 1.65 bits per heavy atom. The standard InChI is InChI=1S/C16H16Cl2O2/c1-2-20-11-16(19,12-3-7-14(17)8-4-12)13-5-9-15(18)10-6-13/h3-10,19H,2,11H2,1H3. The van der Waals surface area contributed by atoms with E-state index >= 15 is 0 Å². The normalized spacial score (nSPS) is 11.6. The zero-order chi connectivity index (χ0) is 14.6. The fraction of sp³-hybridized carbons (Fsp3) is 0.250. The number of aliphatic hydroxyl groups is 1. The number of hydrogen-bond acceptors (Lipinski definition) is 2. The summed E-state index contributed by atoms with van der Waals surface area (Å²) in [6.07, 6.45) is 0. The maximum atomic E-state index is 11.1. The van der Waals surface area contributed by atoms with Crippen molar-refractivity contribution in [3.05, 3.63) is 69.7 Å². The Kier molecular flexibility index (Phi) is 5.06. The lowest BCUT2D eigenvalue weighted by Crippen LogP contribution is -2.33. The van der Waals surface area contributed by atoms with Gasteiger partial charge in [0.1, 0.15) is 5.60 Å². The van der Waals surface area contributed by atoms with Crippen molar-refractivity contribution in [2.24, 2.45) is 0 Å². The molecule has 0 amide bonds. The minimum atomic E-state index is -1.22. The molecule has 2 aromatic carbocycles. The first kappa shape index (κ1) is 15.3. The molecule has 0 aromatic heterocycles. The van der Waals surface area contributed by atoms with Crippen molar-refractivity contribution in [3.8, 4) is 0 Å². The van der Waals surface area contributed by atoms with E-state index in [1.165, 1.54) is 0 Å². The van der Waals surface area contributed by atoms with Crippen LogP contribution in [0.5, 0.6) is 0 Å². The van der Waals surface area contributed by atoms with Crippen molar-refractivity contribution in [1.82, 2.24) is 0 Å². The predicted octanol–water partition coefficient (Wildman–Crippen LogP) is 4.27. The van der Waals surface area contributed by atoms with Crippen LogP contribution in [0.3, 0.4) is 0 Å². The van der Waals surface area contributed by atoms with Gasteiger partial charge in [-0.3, -0.25) is 0 Å². The number of rotatable bonds is 5. The molecular weight excluding hydrogens is 295 g/mol. The maximum Gasteiger partial charge on any atom is 0.138 e. The van der Waals surface area contributed by atoms with Crippen LogP contribution in [-0.4, -0.2) is 18.3 Å². The molecule has 0 fully saturated rings. The summed E-state index contributed by atoms with van der Waals surface area (Å²) in [5.74, 6) is 0. The van der Waals surface area contributed by atoms with Gasteiger partial charge < -0.3 is 9.84 Å². The Balaban J connectivity index is 2.43. The minimum absolute atomic E-state index is 0.173. The SMILES string of the molecule is CCOCC(O)(c1ccc(Cl)cc1)c1ccc(Cl)cc1. The second-order valence-electron chi connectivity index (χ2n) is 4.51. The van der Waals surface area contributed by atoms with E-state index in [0.29, 0.717) is 16.7 Å². The molecule has 0 aliphatic rings. The molecule has 2 aromatic rings. The summed E-state index contributed by atoms with van der Waals surface area (Å²) in [6, 6.07) is 14.2. The summed E-state index contributed by atoms with van der Waals surface area (Å²) in [6.45, 7) is 2.60. The largest absolute Gasteiger partial charge is 0.378 e. The van der Waals surface area contributed by atoms with Crippen LogP contribution in [0.2, 0.25) is 10.0 Å². The van der Waals surface area contributed by atoms with E-state index in [1.807, 2.05) is 6.92 Å². The molecule has 0 atom stereocenters. The van der Waals surface area contributed by atoms with Gasteiger partial charge in [-0.1, -0.05) is 47.5 Å². The van der Waals surface area contributed by atoms with E-state index in [-0.39, 0.29) is 6.61 Å². The van der Waals surface area contributed by atoms with Gasteiger partial charge in [-0.25, -0.2) is 0 Å². The number of hydrogen-bond donors (Lipinski definition) is 1. The molecule has 2 nitrogen and oxygen atoms in total. The third kappa shape index (κ3) is 3.33. The van der Waals surface area contributed by atoms with Crippen LogP contribution in [0.1, 0.15) is 18.1 Å². The molecule has 0 unspecified atom stereocenters. The first-order chi connectivity index (χ1) is 9.56. The quantitative estimate of drug-likeness (QED) is 0.894. The lowest BCUT2D eigenvalue weighted by Gasteiger charge is -2.29. The second-order valence-corrected chi connectivity index (χ2v) is 5.38. The van der Waals surface area contributed by atoms with Crippen molar-refractivity contribution in [2.75, 3.05) is 13.2 Å². The lowest BCUT2D eigenvalue weighted by molar-refractivity contribution is -0.0183. The van der Waals surface area contributed by atoms with Gasteiger partial charge in [-0.05, 0) is 42.3 Å². The molecule has 0 spiro atoms. The first-order valence-corrected chi connectivity index (χ1v) is 7.14. The van der Waals surface area contributed by atoms with Crippen LogP contribution >= 0.6 is 23.2 Å². The topological polar surface area (TPSA) is 29.5 Å². The molecule has 0 saturated heterocycles. The summed E-state index contributed by atoms with van der Waals surface area (Å²) in [7, 11) is 0. The highest BCUT2D eigenvalue weighted by Gasteiger charge is 2.31. The molecule has 0 bridgehead atoms. The highest BCUT2D eigenvalue weighted by molar-refractivity contribution is 6.30. The van der Waals surface area contributed by atoms with Gasteiger partial charge >= 0.3 is 0 Å². The lowest BCUT2D eigenvalue weighted by atomic mass is 9.87. The molecule has 106 valence electrons. The average molecular weight is 311 g/mol. The summed E-state index contributed by atoms with van der Waals surface area (Å²) >= 11 is 11.8. The van der Waals surface area contributed by atoms with Crippen LogP contribution in [0.4, 0.5) is 0 Å². The van der Waals surface area contributed by atoms with Gasteiger partial charge in [-0.2, -0.15) is 0 Å². The Morgan fingerprint density at radius 1 is 0.900 bits per heavy atom. The molecule has 0 radical (unpaired) electrons. The van der Waals surface area contributed by atoms with Gasteiger partial charge in [0.05, 0.1) is 6.61 Å². The highest BCUT2D eigenvalue weighted by Crippen LogP contribution is 2.31.